The molecule has 1 N–H and O–H groups in total. The molecule has 0 aliphatic heterocycles. The van der Waals surface area contributed by atoms with Gasteiger partial charge in [-0.25, -0.2) is 0 Å². The lowest BCUT2D eigenvalue weighted by molar-refractivity contribution is 0.166. The fourth-order valence-corrected chi connectivity index (χ4v) is 4.43. The fourth-order valence-electron chi connectivity index (χ4n) is 2.84. The van der Waals surface area contributed by atoms with E-state index in [0.717, 1.165) is 18.8 Å². The highest BCUT2D eigenvalue weighted by molar-refractivity contribution is 7.99. The van der Waals surface area contributed by atoms with Gasteiger partial charge in [0.1, 0.15) is 0 Å². The van der Waals surface area contributed by atoms with Crippen molar-refractivity contribution in [1.29, 1.82) is 5.26 Å². The summed E-state index contributed by atoms with van der Waals surface area (Å²) in [5.74, 6) is 2.24. The van der Waals surface area contributed by atoms with Gasteiger partial charge in [-0.2, -0.15) is 17.0 Å². The van der Waals surface area contributed by atoms with E-state index in [0.29, 0.717) is 5.25 Å². The molecule has 0 radical (unpaired) electrons. The van der Waals surface area contributed by atoms with E-state index < -0.39 is 6.10 Å². The van der Waals surface area contributed by atoms with Gasteiger partial charge in [0.05, 0.1) is 18.6 Å². The van der Waals surface area contributed by atoms with Crippen molar-refractivity contribution in [2.45, 2.75) is 82.5 Å². The molecule has 0 spiro atoms. The zero-order chi connectivity index (χ0) is 13.9. The molecular formula is C16H29NOS. The van der Waals surface area contributed by atoms with Crippen LogP contribution in [0.25, 0.3) is 0 Å². The first-order valence-electron chi connectivity index (χ1n) is 7.92. The minimum atomic E-state index is -0.417. The summed E-state index contributed by atoms with van der Waals surface area (Å²) in [6, 6.07) is 2.05. The van der Waals surface area contributed by atoms with Crippen LogP contribution in [0.5, 0.6) is 0 Å². The summed E-state index contributed by atoms with van der Waals surface area (Å²) in [4.78, 5) is 0. The second-order valence-corrected chi connectivity index (χ2v) is 7.17. The first-order valence-corrected chi connectivity index (χ1v) is 8.97. The summed E-state index contributed by atoms with van der Waals surface area (Å²) >= 11 is 2.12. The lowest BCUT2D eigenvalue weighted by atomic mass is 9.91. The predicted molar refractivity (Wildman–Crippen MR) is 83.2 cm³/mol. The summed E-state index contributed by atoms with van der Waals surface area (Å²) in [6.07, 6.45) is 11.3. The summed E-state index contributed by atoms with van der Waals surface area (Å²) in [5, 5.41) is 18.9. The Morgan fingerprint density at radius 2 is 1.95 bits per heavy atom. The van der Waals surface area contributed by atoms with Crippen LogP contribution in [0.3, 0.4) is 0 Å². The Kier molecular flexibility index (Phi) is 9.38. The van der Waals surface area contributed by atoms with E-state index >= 15 is 0 Å². The number of aliphatic hydroxyl groups excluding tert-OH is 1. The second-order valence-electron chi connectivity index (χ2n) is 5.84. The van der Waals surface area contributed by atoms with Gasteiger partial charge in [0.25, 0.3) is 0 Å². The van der Waals surface area contributed by atoms with Crippen LogP contribution < -0.4 is 0 Å². The highest BCUT2D eigenvalue weighted by atomic mass is 32.2. The maximum Gasteiger partial charge on any atom is 0.0670 e. The molecule has 2 atom stereocenters. The first kappa shape index (κ1) is 16.9. The molecule has 1 aliphatic rings. The van der Waals surface area contributed by atoms with E-state index in [4.69, 9.17) is 5.26 Å². The van der Waals surface area contributed by atoms with Gasteiger partial charge >= 0.3 is 0 Å². The van der Waals surface area contributed by atoms with Gasteiger partial charge in [-0.05, 0) is 43.8 Å². The first-order chi connectivity index (χ1) is 9.26. The lowest BCUT2D eigenvalue weighted by Gasteiger charge is -2.24. The number of thioether (sulfide) groups is 1. The van der Waals surface area contributed by atoms with Crippen molar-refractivity contribution in [1.82, 2.24) is 0 Å². The van der Waals surface area contributed by atoms with Crippen molar-refractivity contribution in [3.05, 3.63) is 0 Å². The highest BCUT2D eigenvalue weighted by Crippen LogP contribution is 2.31. The molecule has 2 nitrogen and oxygen atoms in total. The fraction of sp³-hybridized carbons (Fsp3) is 0.938. The van der Waals surface area contributed by atoms with Crippen molar-refractivity contribution in [2.24, 2.45) is 5.92 Å². The number of aliphatic hydroxyl groups is 1. The predicted octanol–water partition coefficient (Wildman–Crippen LogP) is 4.52. The molecular weight excluding hydrogens is 254 g/mol. The van der Waals surface area contributed by atoms with Crippen LogP contribution in [0, 0.1) is 17.2 Å². The molecule has 0 heterocycles. The van der Waals surface area contributed by atoms with Gasteiger partial charge in [-0.1, -0.05) is 32.6 Å². The SMILES string of the molecule is CCCC(CCC(O)CC#N)SCC1CCCCC1. The summed E-state index contributed by atoms with van der Waals surface area (Å²) in [6.45, 7) is 2.24. The molecule has 0 aromatic heterocycles. The van der Waals surface area contributed by atoms with E-state index in [-0.39, 0.29) is 6.42 Å². The number of hydrogen-bond donors (Lipinski definition) is 1. The summed E-state index contributed by atoms with van der Waals surface area (Å²) in [7, 11) is 0. The monoisotopic (exact) mass is 283 g/mol. The molecule has 2 unspecified atom stereocenters. The quantitative estimate of drug-likeness (QED) is 0.676. The summed E-state index contributed by atoms with van der Waals surface area (Å²) < 4.78 is 0. The molecule has 1 saturated carbocycles. The number of nitrogens with zero attached hydrogens (tertiary/aromatic N) is 1. The molecule has 1 fully saturated rings. The minimum absolute atomic E-state index is 0.284. The van der Waals surface area contributed by atoms with Crippen LogP contribution in [0.1, 0.15) is 71.1 Å². The molecule has 0 amide bonds. The molecule has 0 bridgehead atoms. The van der Waals surface area contributed by atoms with Gasteiger partial charge in [-0.3, -0.25) is 0 Å². The average Bonchev–Trinajstić information content (AvgIpc) is 2.43. The van der Waals surface area contributed by atoms with E-state index in [9.17, 15) is 5.11 Å². The van der Waals surface area contributed by atoms with Crippen LogP contribution in [0.15, 0.2) is 0 Å². The van der Waals surface area contributed by atoms with Gasteiger partial charge < -0.3 is 5.11 Å². The Balaban J connectivity index is 2.21. The van der Waals surface area contributed by atoms with Gasteiger partial charge in [0.15, 0.2) is 0 Å². The molecule has 0 saturated heterocycles. The second kappa shape index (κ2) is 10.6. The number of rotatable bonds is 9. The topological polar surface area (TPSA) is 44.0 Å². The van der Waals surface area contributed by atoms with Crippen molar-refractivity contribution in [2.75, 3.05) is 5.75 Å². The van der Waals surface area contributed by atoms with Crippen LogP contribution in [-0.4, -0.2) is 22.2 Å². The lowest BCUT2D eigenvalue weighted by Crippen LogP contribution is -2.14. The summed E-state index contributed by atoms with van der Waals surface area (Å²) in [5.41, 5.74) is 0. The van der Waals surface area contributed by atoms with Crippen molar-refractivity contribution < 1.29 is 5.11 Å². The third kappa shape index (κ3) is 7.84. The third-order valence-electron chi connectivity index (χ3n) is 4.05. The zero-order valence-electron chi connectivity index (χ0n) is 12.3. The smallest absolute Gasteiger partial charge is 0.0670 e. The van der Waals surface area contributed by atoms with Crippen molar-refractivity contribution >= 4 is 11.8 Å². The van der Waals surface area contributed by atoms with E-state index in [1.807, 2.05) is 0 Å². The van der Waals surface area contributed by atoms with Crippen LogP contribution >= 0.6 is 11.8 Å². The van der Waals surface area contributed by atoms with E-state index in [1.54, 1.807) is 0 Å². The van der Waals surface area contributed by atoms with Crippen LogP contribution in [-0.2, 0) is 0 Å². The van der Waals surface area contributed by atoms with Gasteiger partial charge in [-0.15, -0.1) is 0 Å². The molecule has 1 rings (SSSR count). The molecule has 3 heteroatoms. The Bertz CT molecular complexity index is 258. The standard InChI is InChI=1S/C16H29NOS/c1-2-6-16(10-9-15(18)11-12-17)19-13-14-7-4-3-5-8-14/h14-16,18H,2-11,13H2,1H3. The minimum Gasteiger partial charge on any atom is -0.392 e. The molecule has 19 heavy (non-hydrogen) atoms. The molecule has 110 valence electrons. The van der Waals surface area contributed by atoms with Crippen molar-refractivity contribution in [3.8, 4) is 6.07 Å². The molecule has 1 aliphatic carbocycles. The van der Waals surface area contributed by atoms with Gasteiger partial charge in [0, 0.05) is 5.25 Å². The Hall–Kier alpha value is -0.200. The Morgan fingerprint density at radius 3 is 2.58 bits per heavy atom. The number of nitriles is 1. The Morgan fingerprint density at radius 1 is 1.21 bits per heavy atom. The van der Waals surface area contributed by atoms with E-state index in [1.165, 1.54) is 50.7 Å². The maximum atomic E-state index is 9.65. The van der Waals surface area contributed by atoms with Gasteiger partial charge in [0.2, 0.25) is 0 Å². The van der Waals surface area contributed by atoms with Crippen LogP contribution in [0.4, 0.5) is 0 Å². The van der Waals surface area contributed by atoms with Crippen molar-refractivity contribution in [3.63, 3.8) is 0 Å². The number of hydrogen-bond acceptors (Lipinski definition) is 3. The largest absolute Gasteiger partial charge is 0.392 e. The maximum absolute atomic E-state index is 9.65. The third-order valence-corrected chi connectivity index (χ3v) is 5.66. The van der Waals surface area contributed by atoms with Crippen LogP contribution in [0.2, 0.25) is 0 Å². The normalized spacial score (nSPS) is 19.8. The zero-order valence-corrected chi connectivity index (χ0v) is 13.1. The molecule has 0 aromatic rings. The Labute approximate surface area is 123 Å². The van der Waals surface area contributed by atoms with E-state index in [2.05, 4.69) is 24.8 Å². The average molecular weight is 283 g/mol. The highest BCUT2D eigenvalue weighted by Gasteiger charge is 2.17. The molecule has 0 aromatic carbocycles.